The molecule has 19 nitrogen and oxygen atoms in total. The Morgan fingerprint density at radius 3 is 2.58 bits per heavy atom. The fourth-order valence-electron chi connectivity index (χ4n) is 9.44. The van der Waals surface area contributed by atoms with E-state index in [1.165, 1.54) is 24.3 Å². The van der Waals surface area contributed by atoms with Crippen molar-refractivity contribution in [3.05, 3.63) is 87.5 Å². The normalized spacial score (nSPS) is 29.4. The lowest BCUT2D eigenvalue weighted by molar-refractivity contribution is -0.382. The first-order chi connectivity index (χ1) is 29.8. The Labute approximate surface area is 352 Å². The van der Waals surface area contributed by atoms with E-state index in [4.69, 9.17) is 24.7 Å². The maximum Gasteiger partial charge on any atom is 0.302 e. The molecular formula is C43H43N5O14. The summed E-state index contributed by atoms with van der Waals surface area (Å²) in [6.07, 6.45) is -6.34. The Hall–Kier alpha value is -5.77. The zero-order chi connectivity index (χ0) is 43.7. The third-order valence-electron chi connectivity index (χ3n) is 12.7. The fourth-order valence-corrected chi connectivity index (χ4v) is 9.44. The first-order valence-electron chi connectivity index (χ1n) is 20.1. The molecule has 8 N–H and O–H groups in total. The third kappa shape index (κ3) is 6.46. The highest BCUT2D eigenvalue weighted by Gasteiger charge is 2.69. The van der Waals surface area contributed by atoms with Gasteiger partial charge in [-0.2, -0.15) is 9.98 Å². The first-order valence-corrected chi connectivity index (χ1v) is 20.1. The van der Waals surface area contributed by atoms with Gasteiger partial charge in [0, 0.05) is 59.4 Å². The van der Waals surface area contributed by atoms with Crippen LogP contribution in [0.4, 0.5) is 5.69 Å². The number of aliphatic hydroxyl groups excluding tert-OH is 4. The molecule has 8 unspecified atom stereocenters. The molecule has 4 aliphatic heterocycles. The van der Waals surface area contributed by atoms with Crippen molar-refractivity contribution in [1.82, 2.24) is 0 Å². The van der Waals surface area contributed by atoms with Gasteiger partial charge in [-0.3, -0.25) is 19.4 Å². The minimum atomic E-state index is -2.49. The van der Waals surface area contributed by atoms with Gasteiger partial charge in [-0.25, -0.2) is 0 Å². The Balaban J connectivity index is 1.31. The number of amides is 1. The molecule has 19 heteroatoms. The first kappa shape index (κ1) is 41.6. The highest BCUT2D eigenvalue weighted by Crippen LogP contribution is 2.54. The molecular weight excluding hydrogens is 810 g/mol. The molecule has 1 saturated heterocycles. The molecule has 0 radical (unpaired) electrons. The van der Waals surface area contributed by atoms with E-state index in [-0.39, 0.29) is 102 Å². The zero-order valence-electron chi connectivity index (χ0n) is 33.0. The molecule has 9 rings (SSSR count). The summed E-state index contributed by atoms with van der Waals surface area (Å²) >= 11 is 0. The standard InChI is InChI=1S/C43H43N5O14/c44-41-46-37-32(38(55)47-41)45-19-48(37)29-4-2-1-3-24(29)23-9-12-59-18-30-42(57)10-7-21(16-51)43(58,39(42)56)40(61-30)62-35-27(23)14-28-31(36(35)60-17-22(52)8-11-49)34(54)26-13-20(15-50)5-6-25(26)33(28)53/h1-6,11,13-14,21-23,30,39-40,50-52,56-58H,7-10,12,15-19H2,(H2,44,47,55). The second kappa shape index (κ2) is 15.9. The van der Waals surface area contributed by atoms with Crippen LogP contribution in [0.25, 0.3) is 0 Å². The van der Waals surface area contributed by atoms with Crippen LogP contribution in [0.5, 0.6) is 11.5 Å². The quantitative estimate of drug-likeness (QED) is 0.106. The van der Waals surface area contributed by atoms with Crippen LogP contribution in [0.3, 0.4) is 0 Å². The van der Waals surface area contributed by atoms with Gasteiger partial charge < -0.3 is 65.0 Å². The van der Waals surface area contributed by atoms with Gasteiger partial charge in [0.25, 0.3) is 0 Å². The molecule has 62 heavy (non-hydrogen) atoms. The summed E-state index contributed by atoms with van der Waals surface area (Å²) in [7, 11) is 0. The van der Waals surface area contributed by atoms with Crippen LogP contribution < -0.4 is 20.1 Å². The van der Waals surface area contributed by atoms with E-state index in [1.807, 2.05) is 0 Å². The van der Waals surface area contributed by atoms with Crippen LogP contribution in [0.1, 0.15) is 80.1 Å². The number of para-hydroxylation sites is 1. The molecule has 3 aromatic rings. The highest BCUT2D eigenvalue weighted by molar-refractivity contribution is 6.72. The summed E-state index contributed by atoms with van der Waals surface area (Å²) in [6.45, 7) is -2.06. The van der Waals surface area contributed by atoms with Crippen molar-refractivity contribution in [2.45, 2.75) is 74.0 Å². The number of aliphatic hydroxyl groups is 6. The molecule has 6 aliphatic rings. The van der Waals surface area contributed by atoms with Gasteiger partial charge in [0.1, 0.15) is 37.4 Å². The van der Waals surface area contributed by atoms with E-state index in [0.29, 0.717) is 23.1 Å². The molecule has 4 heterocycles. The molecule has 2 aliphatic carbocycles. The van der Waals surface area contributed by atoms with Gasteiger partial charge in [0.15, 0.2) is 40.2 Å². The number of fused-ring (bicyclic) bond motifs is 10. The Morgan fingerprint density at radius 2 is 1.81 bits per heavy atom. The van der Waals surface area contributed by atoms with Gasteiger partial charge in [-0.1, -0.05) is 24.3 Å². The summed E-state index contributed by atoms with van der Waals surface area (Å²) < 4.78 is 25.6. The van der Waals surface area contributed by atoms with E-state index < -0.39 is 84.9 Å². The van der Waals surface area contributed by atoms with Crippen LogP contribution in [-0.2, 0) is 25.7 Å². The van der Waals surface area contributed by atoms with E-state index in [1.54, 1.807) is 29.2 Å². The predicted octanol–water partition coefficient (Wildman–Crippen LogP) is -0.364. The number of hydrogen-bond donors (Lipinski definition) is 7. The molecule has 8 atom stereocenters. The summed E-state index contributed by atoms with van der Waals surface area (Å²) in [5.41, 5.74) is 2.47. The second-order valence-corrected chi connectivity index (χ2v) is 16.1. The van der Waals surface area contributed by atoms with Crippen LogP contribution in [0.2, 0.25) is 0 Å². The number of anilines is 1. The number of ketones is 2. The van der Waals surface area contributed by atoms with E-state index in [0.717, 1.165) is 0 Å². The van der Waals surface area contributed by atoms with Gasteiger partial charge in [-0.15, -0.1) is 0 Å². The van der Waals surface area contributed by atoms with Crippen molar-refractivity contribution < 1.29 is 68.8 Å². The number of benzene rings is 3. The highest BCUT2D eigenvalue weighted by atomic mass is 16.7. The molecule has 2 fully saturated rings. The lowest BCUT2D eigenvalue weighted by Crippen LogP contribution is -2.78. The van der Waals surface area contributed by atoms with Gasteiger partial charge in [0.05, 0.1) is 24.9 Å². The zero-order valence-corrected chi connectivity index (χ0v) is 33.0. The maximum atomic E-state index is 14.8. The number of carbonyl (C=O) groups excluding carboxylic acids is 4. The van der Waals surface area contributed by atoms with Gasteiger partial charge >= 0.3 is 5.91 Å². The number of guanidine groups is 1. The van der Waals surface area contributed by atoms with Crippen LogP contribution in [0, 0.1) is 5.92 Å². The number of ether oxygens (including phenoxy) is 4. The van der Waals surface area contributed by atoms with Crippen molar-refractivity contribution in [2.24, 2.45) is 26.6 Å². The minimum Gasteiger partial charge on any atom is -0.486 e. The summed E-state index contributed by atoms with van der Waals surface area (Å²) in [5, 5.41) is 67.6. The minimum absolute atomic E-state index is 0.00649. The lowest BCUT2D eigenvalue weighted by atomic mass is 9.62. The number of nitrogens with two attached hydrogens (primary N) is 1. The summed E-state index contributed by atoms with van der Waals surface area (Å²) in [4.78, 5) is 67.8. The molecule has 0 spiro atoms. The Morgan fingerprint density at radius 1 is 1.00 bits per heavy atom. The predicted molar refractivity (Wildman–Crippen MR) is 215 cm³/mol. The smallest absolute Gasteiger partial charge is 0.302 e. The topological polar surface area (TPSA) is 293 Å². The number of hydrogen-bond acceptors (Lipinski definition) is 18. The van der Waals surface area contributed by atoms with E-state index in [9.17, 15) is 49.8 Å². The lowest BCUT2D eigenvalue weighted by Gasteiger charge is -2.59. The largest absolute Gasteiger partial charge is 0.486 e. The van der Waals surface area contributed by atoms with E-state index >= 15 is 0 Å². The summed E-state index contributed by atoms with van der Waals surface area (Å²) in [6, 6.07) is 12.8. The molecule has 324 valence electrons. The maximum absolute atomic E-state index is 14.8. The van der Waals surface area contributed by atoms with Gasteiger partial charge in [0.2, 0.25) is 12.2 Å². The van der Waals surface area contributed by atoms with Crippen molar-refractivity contribution in [1.29, 1.82) is 0 Å². The number of aliphatic imine (C=N–C) groups is 3. The Kier molecular flexibility index (Phi) is 10.6. The summed E-state index contributed by atoms with van der Waals surface area (Å²) in [5.74, 6) is -4.74. The SMILES string of the molecule is NC1=NC(=O)C2=NCN(c3ccccc3C3CCOCC4OC(Oc5c3cc3c(c5OCC(O)CC=O)C(=O)c5cc(CO)ccc5C3=O)C3(O)C(CO)CCC4(O)C3O)C2=N1. The number of aldehydes is 1. The van der Waals surface area contributed by atoms with Gasteiger partial charge in [-0.05, 0) is 54.7 Å². The average molecular weight is 854 g/mol. The molecule has 0 aromatic heterocycles. The number of carbonyl (C=O) groups is 4. The number of rotatable bonds is 9. The third-order valence-corrected chi connectivity index (χ3v) is 12.7. The van der Waals surface area contributed by atoms with Crippen molar-refractivity contribution >= 4 is 47.0 Å². The van der Waals surface area contributed by atoms with Crippen molar-refractivity contribution in [2.75, 3.05) is 38.0 Å². The van der Waals surface area contributed by atoms with Crippen molar-refractivity contribution in [3.8, 4) is 11.5 Å². The number of amidine groups is 1. The average Bonchev–Trinajstić information content (AvgIpc) is 3.68. The number of nitrogens with zero attached hydrogens (tertiary/aromatic N) is 4. The molecule has 1 saturated carbocycles. The van der Waals surface area contributed by atoms with Crippen LogP contribution >= 0.6 is 0 Å². The Bertz CT molecular complexity index is 2490. The molecule has 3 aromatic carbocycles. The molecule has 4 bridgehead atoms. The van der Waals surface area contributed by atoms with Crippen molar-refractivity contribution in [3.63, 3.8) is 0 Å². The second-order valence-electron chi connectivity index (χ2n) is 16.1. The fraction of sp³-hybridized carbons (Fsp3) is 0.419. The van der Waals surface area contributed by atoms with Crippen LogP contribution in [-0.4, -0.2) is 141 Å². The molecule has 1 amide bonds. The van der Waals surface area contributed by atoms with E-state index in [2.05, 4.69) is 15.0 Å². The monoisotopic (exact) mass is 853 g/mol. The van der Waals surface area contributed by atoms with Crippen LogP contribution in [0.15, 0.2) is 63.5 Å².